The highest BCUT2D eigenvalue weighted by atomic mass is 16.5. The quantitative estimate of drug-likeness (QED) is 0.862. The molecule has 1 saturated carbocycles. The smallest absolute Gasteiger partial charge is 0.260 e. The summed E-state index contributed by atoms with van der Waals surface area (Å²) in [6.07, 6.45) is 7.31. The number of hydrogen-bond donors (Lipinski definition) is 1. The molecule has 2 amide bonds. The second kappa shape index (κ2) is 9.25. The molecule has 5 nitrogen and oxygen atoms in total. The highest BCUT2D eigenvalue weighted by Gasteiger charge is 2.27. The molecule has 1 N–H and O–H groups in total. The van der Waals surface area contributed by atoms with Crippen LogP contribution < -0.4 is 10.1 Å². The number of rotatable bonds is 5. The number of hydrogen-bond acceptors (Lipinski definition) is 3. The highest BCUT2D eigenvalue weighted by Crippen LogP contribution is 2.24. The third-order valence-corrected chi connectivity index (χ3v) is 5.85. The van der Waals surface area contributed by atoms with Crippen molar-refractivity contribution in [1.29, 1.82) is 0 Å². The number of likely N-dealkylation sites (tertiary alicyclic amines) is 1. The van der Waals surface area contributed by atoms with E-state index in [1.54, 1.807) is 0 Å². The van der Waals surface area contributed by atoms with Gasteiger partial charge in [-0.1, -0.05) is 37.0 Å². The fraction of sp³-hybridized carbons (Fsp3) is 0.636. The fourth-order valence-corrected chi connectivity index (χ4v) is 4.15. The maximum absolute atomic E-state index is 12.4. The second-order valence-electron chi connectivity index (χ2n) is 8.06. The lowest BCUT2D eigenvalue weighted by molar-refractivity contribution is -0.134. The predicted octanol–water partition coefficient (Wildman–Crippen LogP) is 3.37. The van der Waals surface area contributed by atoms with Gasteiger partial charge in [0, 0.05) is 25.0 Å². The van der Waals surface area contributed by atoms with Crippen LogP contribution in [0.25, 0.3) is 0 Å². The van der Waals surface area contributed by atoms with E-state index in [2.05, 4.69) is 11.4 Å². The molecule has 0 radical (unpaired) electrons. The molecule has 0 atom stereocenters. The van der Waals surface area contributed by atoms with Crippen molar-refractivity contribution in [3.63, 3.8) is 0 Å². The number of nitrogens with one attached hydrogen (secondary N) is 1. The van der Waals surface area contributed by atoms with Crippen LogP contribution in [-0.2, 0) is 9.59 Å². The van der Waals surface area contributed by atoms with Crippen LogP contribution in [0.1, 0.15) is 56.1 Å². The summed E-state index contributed by atoms with van der Waals surface area (Å²) in [5.74, 6) is 1.21. The summed E-state index contributed by atoms with van der Waals surface area (Å²) in [6.45, 7) is 5.48. The number of carbonyl (C=O) groups is 2. The molecular formula is C22H32N2O3. The summed E-state index contributed by atoms with van der Waals surface area (Å²) in [5.41, 5.74) is 2.23. The summed E-state index contributed by atoms with van der Waals surface area (Å²) in [7, 11) is 0. The first-order chi connectivity index (χ1) is 13.0. The first-order valence-corrected chi connectivity index (χ1v) is 10.3. The summed E-state index contributed by atoms with van der Waals surface area (Å²) in [6, 6.07) is 6.17. The van der Waals surface area contributed by atoms with E-state index in [9.17, 15) is 9.59 Å². The zero-order valence-electron chi connectivity index (χ0n) is 16.6. The lowest BCUT2D eigenvalue weighted by atomic mass is 9.88. The molecule has 2 aliphatic rings. The molecule has 1 aliphatic heterocycles. The maximum atomic E-state index is 12.4. The van der Waals surface area contributed by atoms with Crippen LogP contribution in [0.5, 0.6) is 5.75 Å². The van der Waals surface area contributed by atoms with Crippen LogP contribution in [-0.4, -0.2) is 42.5 Å². The Morgan fingerprint density at radius 2 is 1.78 bits per heavy atom. The van der Waals surface area contributed by atoms with Gasteiger partial charge in [-0.05, 0) is 51.2 Å². The molecule has 1 aromatic rings. The number of ether oxygens (including phenoxy) is 1. The third-order valence-electron chi connectivity index (χ3n) is 5.85. The molecule has 148 valence electrons. The molecule has 1 heterocycles. The molecule has 1 aliphatic carbocycles. The summed E-state index contributed by atoms with van der Waals surface area (Å²) < 4.78 is 5.72. The molecule has 0 bridgehead atoms. The van der Waals surface area contributed by atoms with Crippen LogP contribution in [0.15, 0.2) is 18.2 Å². The minimum absolute atomic E-state index is 0.0204. The van der Waals surface area contributed by atoms with E-state index in [4.69, 9.17) is 4.74 Å². The molecule has 0 spiro atoms. The fourth-order valence-electron chi connectivity index (χ4n) is 4.15. The van der Waals surface area contributed by atoms with Gasteiger partial charge in [-0.25, -0.2) is 0 Å². The van der Waals surface area contributed by atoms with Crippen molar-refractivity contribution in [3.8, 4) is 5.75 Å². The van der Waals surface area contributed by atoms with Gasteiger partial charge in [-0.3, -0.25) is 9.59 Å². The maximum Gasteiger partial charge on any atom is 0.260 e. The van der Waals surface area contributed by atoms with Gasteiger partial charge in [-0.2, -0.15) is 0 Å². The Labute approximate surface area is 162 Å². The summed E-state index contributed by atoms with van der Waals surface area (Å²) >= 11 is 0. The Kier molecular flexibility index (Phi) is 6.75. The topological polar surface area (TPSA) is 58.6 Å². The highest BCUT2D eigenvalue weighted by molar-refractivity contribution is 5.79. The van der Waals surface area contributed by atoms with Crippen LogP contribution >= 0.6 is 0 Å². The first-order valence-electron chi connectivity index (χ1n) is 10.3. The van der Waals surface area contributed by atoms with Crippen LogP contribution in [0.2, 0.25) is 0 Å². The van der Waals surface area contributed by atoms with Gasteiger partial charge in [0.25, 0.3) is 5.91 Å². The molecule has 3 rings (SSSR count). The van der Waals surface area contributed by atoms with Crippen LogP contribution in [0.3, 0.4) is 0 Å². The molecule has 5 heteroatoms. The van der Waals surface area contributed by atoms with Gasteiger partial charge < -0.3 is 15.0 Å². The van der Waals surface area contributed by atoms with E-state index >= 15 is 0 Å². The Morgan fingerprint density at radius 3 is 2.44 bits per heavy atom. The van der Waals surface area contributed by atoms with Crippen molar-refractivity contribution in [3.05, 3.63) is 29.3 Å². The van der Waals surface area contributed by atoms with E-state index in [0.717, 1.165) is 37.0 Å². The normalized spacial score (nSPS) is 19.0. The van der Waals surface area contributed by atoms with Gasteiger partial charge in [-0.15, -0.1) is 0 Å². The lowest BCUT2D eigenvalue weighted by Gasteiger charge is -2.33. The Bertz CT molecular complexity index is 660. The van der Waals surface area contributed by atoms with E-state index < -0.39 is 0 Å². The second-order valence-corrected chi connectivity index (χ2v) is 8.06. The zero-order valence-corrected chi connectivity index (χ0v) is 16.6. The monoisotopic (exact) mass is 372 g/mol. The molecule has 1 aromatic carbocycles. The van der Waals surface area contributed by atoms with Crippen molar-refractivity contribution in [2.45, 2.75) is 64.8 Å². The first kappa shape index (κ1) is 19.7. The zero-order chi connectivity index (χ0) is 19.2. The van der Waals surface area contributed by atoms with Crippen LogP contribution in [0.4, 0.5) is 0 Å². The van der Waals surface area contributed by atoms with Crippen molar-refractivity contribution in [1.82, 2.24) is 10.2 Å². The number of piperidine rings is 1. The summed E-state index contributed by atoms with van der Waals surface area (Å²) in [4.78, 5) is 26.7. The molecule has 2 fully saturated rings. The van der Waals surface area contributed by atoms with E-state index in [1.807, 2.05) is 30.9 Å². The van der Waals surface area contributed by atoms with Gasteiger partial charge in [0.15, 0.2) is 6.61 Å². The number of nitrogens with zero attached hydrogens (tertiary/aromatic N) is 1. The number of benzene rings is 1. The average molecular weight is 373 g/mol. The molecule has 0 aromatic heterocycles. The Balaban J connectivity index is 1.40. The van der Waals surface area contributed by atoms with Gasteiger partial charge >= 0.3 is 0 Å². The number of amides is 2. The molecular weight excluding hydrogens is 340 g/mol. The SMILES string of the molecule is Cc1ccc(OCC(=O)N2CCC(NC(=O)C3CCCCC3)CC2)c(C)c1. The van der Waals surface area contributed by atoms with E-state index in [1.165, 1.54) is 24.8 Å². The summed E-state index contributed by atoms with van der Waals surface area (Å²) in [5, 5.41) is 3.21. The van der Waals surface area contributed by atoms with Gasteiger partial charge in [0.05, 0.1) is 0 Å². The molecule has 1 saturated heterocycles. The van der Waals surface area contributed by atoms with Crippen LogP contribution in [0, 0.1) is 19.8 Å². The van der Waals surface area contributed by atoms with E-state index in [0.29, 0.717) is 13.1 Å². The molecule has 0 unspecified atom stereocenters. The number of carbonyl (C=O) groups excluding carboxylic acids is 2. The van der Waals surface area contributed by atoms with Crippen molar-refractivity contribution >= 4 is 11.8 Å². The predicted molar refractivity (Wildman–Crippen MR) is 106 cm³/mol. The molecule has 27 heavy (non-hydrogen) atoms. The Morgan fingerprint density at radius 1 is 1.07 bits per heavy atom. The third kappa shape index (κ3) is 5.47. The van der Waals surface area contributed by atoms with Crippen molar-refractivity contribution < 1.29 is 14.3 Å². The standard InChI is InChI=1S/C22H32N2O3/c1-16-8-9-20(17(2)14-16)27-15-21(25)24-12-10-19(11-13-24)23-22(26)18-6-4-3-5-7-18/h8-9,14,18-19H,3-7,10-13,15H2,1-2H3,(H,23,26). The van der Waals surface area contributed by atoms with Crippen molar-refractivity contribution in [2.75, 3.05) is 19.7 Å². The number of aryl methyl sites for hydroxylation is 2. The Hall–Kier alpha value is -2.04. The minimum Gasteiger partial charge on any atom is -0.484 e. The minimum atomic E-state index is 0.0204. The van der Waals surface area contributed by atoms with Gasteiger partial charge in [0.2, 0.25) is 5.91 Å². The largest absolute Gasteiger partial charge is 0.484 e. The van der Waals surface area contributed by atoms with Crippen molar-refractivity contribution in [2.24, 2.45) is 5.92 Å². The van der Waals surface area contributed by atoms with Gasteiger partial charge in [0.1, 0.15) is 5.75 Å². The lowest BCUT2D eigenvalue weighted by Crippen LogP contribution is -2.48. The van der Waals surface area contributed by atoms with E-state index in [-0.39, 0.29) is 30.4 Å². The average Bonchev–Trinajstić information content (AvgIpc) is 2.68.